The van der Waals surface area contributed by atoms with Crippen molar-refractivity contribution in [3.63, 3.8) is 0 Å². The molecule has 0 aliphatic heterocycles. The zero-order chi connectivity index (χ0) is 13.0. The Bertz CT molecular complexity index is 537. The highest BCUT2D eigenvalue weighted by Crippen LogP contribution is 2.13. The summed E-state index contributed by atoms with van der Waals surface area (Å²) in [7, 11) is 1.79. The number of hydrogen-bond donors (Lipinski definition) is 1. The van der Waals surface area contributed by atoms with E-state index in [4.69, 9.17) is 4.74 Å². The topological polar surface area (TPSA) is 56.2 Å². The third kappa shape index (κ3) is 3.73. The molecule has 0 spiro atoms. The maximum Gasteiger partial charge on any atom is 0.263 e. The molecule has 0 aliphatic rings. The molecule has 1 amide bonds. The van der Waals surface area contributed by atoms with Gasteiger partial charge in [0.2, 0.25) is 0 Å². The summed E-state index contributed by atoms with van der Waals surface area (Å²) in [6, 6.07) is 9.23. The second-order valence-electron chi connectivity index (χ2n) is 3.67. The van der Waals surface area contributed by atoms with Crippen LogP contribution in [0.3, 0.4) is 0 Å². The molecular formula is C12H12IN3O2. The van der Waals surface area contributed by atoms with E-state index in [1.54, 1.807) is 24.0 Å². The zero-order valence-corrected chi connectivity index (χ0v) is 11.9. The summed E-state index contributed by atoms with van der Waals surface area (Å²) in [6.45, 7) is -0.0306. The first-order valence-electron chi connectivity index (χ1n) is 5.31. The molecule has 1 N–H and O–H groups in total. The lowest BCUT2D eigenvalue weighted by Crippen LogP contribution is -2.20. The highest BCUT2D eigenvalue weighted by atomic mass is 127. The van der Waals surface area contributed by atoms with Crippen LogP contribution in [0.1, 0.15) is 0 Å². The predicted octanol–water partition coefficient (Wildman–Crippen LogP) is 2.04. The monoisotopic (exact) mass is 357 g/mol. The third-order valence-electron chi connectivity index (χ3n) is 2.16. The van der Waals surface area contributed by atoms with Crippen molar-refractivity contribution in [3.05, 3.63) is 40.1 Å². The van der Waals surface area contributed by atoms with Gasteiger partial charge in [-0.15, -0.1) is 0 Å². The van der Waals surface area contributed by atoms with E-state index in [1.807, 2.05) is 24.3 Å². The molecule has 0 aliphatic carbocycles. The van der Waals surface area contributed by atoms with Gasteiger partial charge in [0.15, 0.2) is 12.4 Å². The van der Waals surface area contributed by atoms with Crippen LogP contribution in [0.15, 0.2) is 36.5 Å². The Balaban J connectivity index is 1.83. The molecule has 5 nitrogen and oxygen atoms in total. The van der Waals surface area contributed by atoms with Crippen molar-refractivity contribution in [2.45, 2.75) is 0 Å². The second-order valence-corrected chi connectivity index (χ2v) is 4.91. The van der Waals surface area contributed by atoms with Crippen molar-refractivity contribution in [2.24, 2.45) is 7.05 Å². The highest BCUT2D eigenvalue weighted by molar-refractivity contribution is 14.1. The van der Waals surface area contributed by atoms with Gasteiger partial charge in [-0.25, -0.2) is 0 Å². The largest absolute Gasteiger partial charge is 0.484 e. The summed E-state index contributed by atoms with van der Waals surface area (Å²) in [6.07, 6.45) is 1.76. The van der Waals surface area contributed by atoms with Crippen LogP contribution in [0.25, 0.3) is 0 Å². The number of nitrogens with one attached hydrogen (secondary N) is 1. The molecular weight excluding hydrogens is 345 g/mol. The molecule has 94 valence electrons. The van der Waals surface area contributed by atoms with Gasteiger partial charge in [-0.05, 0) is 46.9 Å². The molecule has 0 bridgehead atoms. The Hall–Kier alpha value is -1.57. The van der Waals surface area contributed by atoms with E-state index in [-0.39, 0.29) is 12.5 Å². The SMILES string of the molecule is Cn1ccc(NC(=O)COc2ccc(I)cc2)n1. The molecule has 18 heavy (non-hydrogen) atoms. The Morgan fingerprint density at radius 1 is 1.39 bits per heavy atom. The van der Waals surface area contributed by atoms with E-state index in [0.29, 0.717) is 11.6 Å². The second kappa shape index (κ2) is 5.85. The smallest absolute Gasteiger partial charge is 0.263 e. The molecule has 1 heterocycles. The molecule has 0 saturated carbocycles. The number of carbonyl (C=O) groups excluding carboxylic acids is 1. The Morgan fingerprint density at radius 3 is 2.72 bits per heavy atom. The predicted molar refractivity (Wildman–Crippen MR) is 76.5 cm³/mol. The van der Waals surface area contributed by atoms with Crippen molar-refractivity contribution in [1.29, 1.82) is 0 Å². The number of hydrogen-bond acceptors (Lipinski definition) is 3. The average Bonchev–Trinajstić information content (AvgIpc) is 2.74. The third-order valence-corrected chi connectivity index (χ3v) is 2.88. The van der Waals surface area contributed by atoms with Crippen LogP contribution < -0.4 is 10.1 Å². The molecule has 6 heteroatoms. The van der Waals surface area contributed by atoms with Crippen LogP contribution in [-0.2, 0) is 11.8 Å². The lowest BCUT2D eigenvalue weighted by Gasteiger charge is -2.05. The van der Waals surface area contributed by atoms with Gasteiger partial charge in [0, 0.05) is 22.9 Å². The Kier molecular flexibility index (Phi) is 4.19. The molecule has 1 aromatic carbocycles. The number of rotatable bonds is 4. The highest BCUT2D eigenvalue weighted by Gasteiger charge is 2.05. The van der Waals surface area contributed by atoms with E-state index >= 15 is 0 Å². The average molecular weight is 357 g/mol. The number of aryl methyl sites for hydroxylation is 1. The summed E-state index contributed by atoms with van der Waals surface area (Å²) < 4.78 is 8.10. The standard InChI is InChI=1S/C12H12IN3O2/c1-16-7-6-11(15-16)14-12(17)8-18-10-4-2-9(13)3-5-10/h2-7H,8H2,1H3,(H,14,15,17). The molecule has 0 fully saturated rings. The van der Waals surface area contributed by atoms with Gasteiger partial charge in [-0.2, -0.15) is 5.10 Å². The van der Waals surface area contributed by atoms with Crippen molar-refractivity contribution in [2.75, 3.05) is 11.9 Å². The van der Waals surface area contributed by atoms with E-state index in [0.717, 1.165) is 3.57 Å². The van der Waals surface area contributed by atoms with Crippen LogP contribution in [0.5, 0.6) is 5.75 Å². The summed E-state index contributed by atoms with van der Waals surface area (Å²) in [4.78, 5) is 11.6. The summed E-state index contributed by atoms with van der Waals surface area (Å²) >= 11 is 2.21. The van der Waals surface area contributed by atoms with Crippen molar-refractivity contribution < 1.29 is 9.53 Å². The van der Waals surface area contributed by atoms with Crippen molar-refractivity contribution in [3.8, 4) is 5.75 Å². The van der Waals surface area contributed by atoms with Gasteiger partial charge < -0.3 is 10.1 Å². The summed E-state index contributed by atoms with van der Waals surface area (Å²) in [5.41, 5.74) is 0. The van der Waals surface area contributed by atoms with E-state index < -0.39 is 0 Å². The van der Waals surface area contributed by atoms with Gasteiger partial charge in [0.05, 0.1) is 0 Å². The number of anilines is 1. The van der Waals surface area contributed by atoms with Crippen molar-refractivity contribution in [1.82, 2.24) is 9.78 Å². The summed E-state index contributed by atoms with van der Waals surface area (Å²) in [5.74, 6) is 0.965. The lowest BCUT2D eigenvalue weighted by atomic mass is 10.3. The Morgan fingerprint density at radius 2 is 2.11 bits per heavy atom. The fourth-order valence-corrected chi connectivity index (χ4v) is 1.70. The van der Waals surface area contributed by atoms with Gasteiger partial charge in [-0.3, -0.25) is 9.48 Å². The number of ether oxygens (including phenoxy) is 1. The minimum Gasteiger partial charge on any atom is -0.484 e. The van der Waals surface area contributed by atoms with Crippen molar-refractivity contribution >= 4 is 34.3 Å². The van der Waals surface area contributed by atoms with Crippen LogP contribution in [-0.4, -0.2) is 22.3 Å². The fraction of sp³-hybridized carbons (Fsp3) is 0.167. The molecule has 2 rings (SSSR count). The first-order valence-corrected chi connectivity index (χ1v) is 6.39. The number of amides is 1. The molecule has 1 aromatic heterocycles. The van der Waals surface area contributed by atoms with E-state index in [2.05, 4.69) is 33.0 Å². The Labute approximate surface area is 118 Å². The number of carbonyl (C=O) groups is 1. The minimum atomic E-state index is -0.229. The minimum absolute atomic E-state index is 0.0306. The van der Waals surface area contributed by atoms with Gasteiger partial charge in [0.1, 0.15) is 5.75 Å². The molecule has 2 aromatic rings. The normalized spacial score (nSPS) is 10.1. The van der Waals surface area contributed by atoms with Crippen LogP contribution >= 0.6 is 22.6 Å². The van der Waals surface area contributed by atoms with Crippen LogP contribution in [0.2, 0.25) is 0 Å². The maximum absolute atomic E-state index is 11.6. The number of halogens is 1. The molecule has 0 saturated heterocycles. The molecule has 0 atom stereocenters. The van der Waals surface area contributed by atoms with Gasteiger partial charge >= 0.3 is 0 Å². The van der Waals surface area contributed by atoms with Gasteiger partial charge in [0.25, 0.3) is 5.91 Å². The first-order chi connectivity index (χ1) is 8.63. The lowest BCUT2D eigenvalue weighted by molar-refractivity contribution is -0.118. The molecule has 0 unspecified atom stereocenters. The molecule has 0 radical (unpaired) electrons. The van der Waals surface area contributed by atoms with Crippen LogP contribution in [0, 0.1) is 3.57 Å². The number of nitrogens with zero attached hydrogens (tertiary/aromatic N) is 2. The van der Waals surface area contributed by atoms with Crippen LogP contribution in [0.4, 0.5) is 5.82 Å². The maximum atomic E-state index is 11.6. The van der Waals surface area contributed by atoms with E-state index in [1.165, 1.54) is 0 Å². The number of aromatic nitrogens is 2. The fourth-order valence-electron chi connectivity index (χ4n) is 1.34. The zero-order valence-electron chi connectivity index (χ0n) is 9.76. The quantitative estimate of drug-likeness (QED) is 0.853. The number of benzene rings is 1. The first kappa shape index (κ1) is 12.9. The van der Waals surface area contributed by atoms with E-state index in [9.17, 15) is 4.79 Å². The summed E-state index contributed by atoms with van der Waals surface area (Å²) in [5, 5.41) is 6.69. The van der Waals surface area contributed by atoms with Gasteiger partial charge in [-0.1, -0.05) is 0 Å².